The zero-order valence-corrected chi connectivity index (χ0v) is 16.0. The third-order valence-corrected chi connectivity index (χ3v) is 6.23. The molecule has 3 rings (SSSR count). The summed E-state index contributed by atoms with van der Waals surface area (Å²) < 4.78 is 23.6. The molecule has 0 bridgehead atoms. The molecular formula is C15H25N4O8P. The number of ether oxygens (including phenoxy) is 1. The second kappa shape index (κ2) is 8.56. The second-order valence-electron chi connectivity index (χ2n) is 7.07. The Hall–Kier alpha value is -1.37. The maximum Gasteiger partial charge on any atom is 0.330 e. The minimum Gasteiger partial charge on any atom is -0.387 e. The average Bonchev–Trinajstić information content (AvgIpc) is 3.16. The summed E-state index contributed by atoms with van der Waals surface area (Å²) in [5.74, 6) is 0. The number of aliphatic hydroxyl groups is 2. The van der Waals surface area contributed by atoms with Crippen LogP contribution in [-0.4, -0.2) is 86.3 Å². The van der Waals surface area contributed by atoms with Gasteiger partial charge in [0.15, 0.2) is 6.23 Å². The number of H-pyrrole nitrogens is 1. The zero-order valence-electron chi connectivity index (χ0n) is 15.1. The molecule has 2 fully saturated rings. The molecule has 1 aromatic heterocycles. The molecule has 6 N–H and O–H groups in total. The van der Waals surface area contributed by atoms with Gasteiger partial charge in [-0.1, -0.05) is 0 Å². The molecule has 3 heterocycles. The van der Waals surface area contributed by atoms with Gasteiger partial charge < -0.3 is 35.0 Å². The van der Waals surface area contributed by atoms with Crippen LogP contribution < -0.4 is 17.0 Å². The SMILES string of the molecule is NC1CCN(CCP(=O)(O)OC[C@H]2O[C@@H](n3ccc(=O)[nH]c3=O)[C@@H](O)C2O)C1. The lowest BCUT2D eigenvalue weighted by Gasteiger charge is -2.20. The lowest BCUT2D eigenvalue weighted by Crippen LogP contribution is -2.37. The van der Waals surface area contributed by atoms with Crippen molar-refractivity contribution >= 4 is 7.60 Å². The number of rotatable bonds is 7. The number of aliphatic hydroxyl groups excluding tert-OH is 2. The molecular weight excluding hydrogens is 395 g/mol. The smallest absolute Gasteiger partial charge is 0.330 e. The number of nitrogens with two attached hydrogens (primary N) is 1. The Labute approximate surface area is 160 Å². The molecule has 2 aliphatic rings. The fourth-order valence-corrected chi connectivity index (χ4v) is 4.36. The highest BCUT2D eigenvalue weighted by molar-refractivity contribution is 7.52. The van der Waals surface area contributed by atoms with Crippen LogP contribution in [0.3, 0.4) is 0 Å². The predicted molar refractivity (Wildman–Crippen MR) is 96.9 cm³/mol. The number of hydrogen-bond donors (Lipinski definition) is 5. The molecule has 28 heavy (non-hydrogen) atoms. The Balaban J connectivity index is 1.56. The quantitative estimate of drug-likeness (QED) is 0.293. The van der Waals surface area contributed by atoms with Crippen molar-refractivity contribution < 1.29 is 28.9 Å². The van der Waals surface area contributed by atoms with Gasteiger partial charge in [-0.05, 0) is 13.0 Å². The van der Waals surface area contributed by atoms with Crippen LogP contribution in [0.15, 0.2) is 21.9 Å². The Morgan fingerprint density at radius 3 is 2.75 bits per heavy atom. The van der Waals surface area contributed by atoms with Crippen molar-refractivity contribution in [2.24, 2.45) is 5.73 Å². The molecule has 2 saturated heterocycles. The fourth-order valence-electron chi connectivity index (χ4n) is 3.31. The van der Waals surface area contributed by atoms with Crippen LogP contribution in [-0.2, 0) is 13.8 Å². The number of aromatic nitrogens is 2. The summed E-state index contributed by atoms with van der Waals surface area (Å²) in [4.78, 5) is 37.0. The number of nitrogens with one attached hydrogen (secondary N) is 1. The van der Waals surface area contributed by atoms with Crippen LogP contribution in [0.25, 0.3) is 0 Å². The Morgan fingerprint density at radius 1 is 1.36 bits per heavy atom. The van der Waals surface area contributed by atoms with E-state index in [1.807, 2.05) is 9.88 Å². The van der Waals surface area contributed by atoms with E-state index in [1.165, 1.54) is 0 Å². The minimum atomic E-state index is -3.94. The molecule has 0 aromatic carbocycles. The summed E-state index contributed by atoms with van der Waals surface area (Å²) in [5.41, 5.74) is 4.36. The maximum absolute atomic E-state index is 12.2. The van der Waals surface area contributed by atoms with Gasteiger partial charge in [0.1, 0.15) is 18.3 Å². The number of nitrogens with zero attached hydrogens (tertiary/aromatic N) is 2. The van der Waals surface area contributed by atoms with Crippen LogP contribution >= 0.6 is 7.60 Å². The third-order valence-electron chi connectivity index (χ3n) is 4.91. The minimum absolute atomic E-state index is 0.0655. The third kappa shape index (κ3) is 4.97. The fraction of sp³-hybridized carbons (Fsp3) is 0.733. The highest BCUT2D eigenvalue weighted by atomic mass is 31.2. The van der Waals surface area contributed by atoms with Crippen molar-refractivity contribution in [3.05, 3.63) is 33.1 Å². The first kappa shape index (κ1) is 21.3. The van der Waals surface area contributed by atoms with Gasteiger partial charge in [0.2, 0.25) is 0 Å². The van der Waals surface area contributed by atoms with E-state index >= 15 is 0 Å². The topological polar surface area (TPSA) is 180 Å². The van der Waals surface area contributed by atoms with Crippen LogP contribution in [0, 0.1) is 0 Å². The molecule has 13 heteroatoms. The summed E-state index contributed by atoms with van der Waals surface area (Å²) >= 11 is 0. The van der Waals surface area contributed by atoms with E-state index in [1.54, 1.807) is 0 Å². The molecule has 0 spiro atoms. The van der Waals surface area contributed by atoms with E-state index < -0.39 is 50.0 Å². The van der Waals surface area contributed by atoms with Gasteiger partial charge in [-0.2, -0.15) is 0 Å². The van der Waals surface area contributed by atoms with Crippen LogP contribution in [0.4, 0.5) is 0 Å². The van der Waals surface area contributed by atoms with Gasteiger partial charge in [-0.3, -0.25) is 18.9 Å². The average molecular weight is 420 g/mol. The van der Waals surface area contributed by atoms with E-state index in [0.29, 0.717) is 13.1 Å². The molecule has 0 saturated carbocycles. The van der Waals surface area contributed by atoms with Crippen molar-refractivity contribution in [3.8, 4) is 0 Å². The lowest BCUT2D eigenvalue weighted by molar-refractivity contribution is -0.0525. The van der Waals surface area contributed by atoms with Crippen LogP contribution in [0.5, 0.6) is 0 Å². The molecule has 0 aliphatic carbocycles. The van der Waals surface area contributed by atoms with Crippen molar-refractivity contribution in [3.63, 3.8) is 0 Å². The summed E-state index contributed by atoms with van der Waals surface area (Å²) in [7, 11) is -3.94. The molecule has 3 unspecified atom stereocenters. The van der Waals surface area contributed by atoms with Crippen LogP contribution in [0.1, 0.15) is 12.6 Å². The highest BCUT2D eigenvalue weighted by Crippen LogP contribution is 2.43. The van der Waals surface area contributed by atoms with Gasteiger partial charge >= 0.3 is 13.3 Å². The lowest BCUT2D eigenvalue weighted by atomic mass is 10.1. The summed E-state index contributed by atoms with van der Waals surface area (Å²) in [6.07, 6.45) is -3.46. The van der Waals surface area contributed by atoms with Crippen molar-refractivity contribution in [1.82, 2.24) is 14.5 Å². The summed E-state index contributed by atoms with van der Waals surface area (Å²) in [6.45, 7) is 1.33. The van der Waals surface area contributed by atoms with Gasteiger partial charge in [0.25, 0.3) is 5.56 Å². The zero-order chi connectivity index (χ0) is 20.5. The monoisotopic (exact) mass is 420 g/mol. The second-order valence-corrected chi connectivity index (χ2v) is 9.05. The van der Waals surface area contributed by atoms with Gasteiger partial charge in [0, 0.05) is 31.4 Å². The Morgan fingerprint density at radius 2 is 2.11 bits per heavy atom. The van der Waals surface area contributed by atoms with Crippen molar-refractivity contribution in [1.29, 1.82) is 0 Å². The first-order valence-corrected chi connectivity index (χ1v) is 10.7. The van der Waals surface area contributed by atoms with E-state index in [-0.39, 0.29) is 12.2 Å². The first-order chi connectivity index (χ1) is 13.2. The summed E-state index contributed by atoms with van der Waals surface area (Å²) in [5, 5.41) is 20.3. The molecule has 6 atom stereocenters. The number of aromatic amines is 1. The normalized spacial score (nSPS) is 33.2. The molecule has 0 amide bonds. The number of hydrogen-bond acceptors (Lipinski definition) is 9. The standard InChI is InChI=1S/C15H25N4O8P/c16-9-1-3-18(7-9)5-6-28(24,25)26-8-10-12(21)13(22)14(27-10)19-4-2-11(20)17-15(19)23/h2,4,9-10,12-14,21-22H,1,3,5-8,16H2,(H,24,25)(H,17,20,23)/t9?,10-,12?,13+,14-/m1/s1. The molecule has 1 aromatic rings. The van der Waals surface area contributed by atoms with Gasteiger partial charge in [-0.15, -0.1) is 0 Å². The Kier molecular flexibility index (Phi) is 6.52. The molecule has 2 aliphatic heterocycles. The largest absolute Gasteiger partial charge is 0.387 e. The number of likely N-dealkylation sites (tertiary alicyclic amines) is 1. The first-order valence-electron chi connectivity index (χ1n) is 8.93. The summed E-state index contributed by atoms with van der Waals surface area (Å²) in [6, 6.07) is 1.13. The van der Waals surface area contributed by atoms with E-state index in [0.717, 1.165) is 29.8 Å². The van der Waals surface area contributed by atoms with E-state index in [4.69, 9.17) is 15.0 Å². The van der Waals surface area contributed by atoms with Crippen LogP contribution in [0.2, 0.25) is 0 Å². The highest BCUT2D eigenvalue weighted by Gasteiger charge is 2.45. The van der Waals surface area contributed by atoms with E-state index in [2.05, 4.69) is 0 Å². The van der Waals surface area contributed by atoms with E-state index in [9.17, 15) is 29.3 Å². The molecule has 158 valence electrons. The predicted octanol–water partition coefficient (Wildman–Crippen LogP) is -2.61. The maximum atomic E-state index is 12.2. The Bertz CT molecular complexity index is 844. The van der Waals surface area contributed by atoms with Gasteiger partial charge in [-0.25, -0.2) is 4.79 Å². The van der Waals surface area contributed by atoms with Crippen molar-refractivity contribution in [2.75, 3.05) is 32.4 Å². The molecule has 0 radical (unpaired) electrons. The molecule has 12 nitrogen and oxygen atoms in total. The van der Waals surface area contributed by atoms with Gasteiger partial charge in [0.05, 0.1) is 12.8 Å². The van der Waals surface area contributed by atoms with Crippen molar-refractivity contribution in [2.45, 2.75) is 37.0 Å².